The summed E-state index contributed by atoms with van der Waals surface area (Å²) in [4.78, 5) is 13.3. The number of hydrogen-bond acceptors (Lipinski definition) is 9. The molecule has 2 fully saturated rings. The van der Waals surface area contributed by atoms with Crippen LogP contribution in [0.1, 0.15) is 55.4 Å². The molecular formula is C23H43F3O9SSi2. The molecule has 9 nitrogen and oxygen atoms in total. The Balaban J connectivity index is 2.50. The molecule has 224 valence electrons. The first kappa shape index (κ1) is 33.6. The molecule has 4 atom stereocenters. The zero-order valence-electron chi connectivity index (χ0n) is 24.4. The zero-order valence-corrected chi connectivity index (χ0v) is 27.2. The largest absolute Gasteiger partial charge is 0.523 e. The molecule has 0 saturated carbocycles. The van der Waals surface area contributed by atoms with Crippen LogP contribution in [-0.2, 0) is 42.2 Å². The van der Waals surface area contributed by atoms with Crippen molar-refractivity contribution in [2.24, 2.45) is 0 Å². The highest BCUT2D eigenvalue weighted by atomic mass is 32.2. The van der Waals surface area contributed by atoms with Gasteiger partial charge in [0.05, 0.1) is 13.2 Å². The van der Waals surface area contributed by atoms with Crippen molar-refractivity contribution in [3.63, 3.8) is 0 Å². The second-order valence-corrected chi connectivity index (χ2v) is 24.6. The predicted octanol–water partition coefficient (Wildman–Crippen LogP) is 5.08. The number of rotatable bonds is 9. The predicted molar refractivity (Wildman–Crippen MR) is 139 cm³/mol. The molecule has 0 amide bonds. The molecule has 0 bridgehead atoms. The van der Waals surface area contributed by atoms with E-state index in [0.29, 0.717) is 0 Å². The van der Waals surface area contributed by atoms with Gasteiger partial charge in [-0.3, -0.25) is 4.18 Å². The second kappa shape index (κ2) is 10.1. The van der Waals surface area contributed by atoms with Crippen molar-refractivity contribution in [3.8, 4) is 0 Å². The van der Waals surface area contributed by atoms with Gasteiger partial charge in [0.25, 0.3) is 0 Å². The van der Waals surface area contributed by atoms with E-state index in [1.54, 1.807) is 0 Å². The second-order valence-electron chi connectivity index (χ2n) is 13.5. The topological polar surface area (TPSA) is 107 Å². The quantitative estimate of drug-likeness (QED) is 0.153. The van der Waals surface area contributed by atoms with Gasteiger partial charge in [0, 0.05) is 0 Å². The van der Waals surface area contributed by atoms with Crippen molar-refractivity contribution >= 4 is 32.7 Å². The maximum Gasteiger partial charge on any atom is 0.523 e. The Morgan fingerprint density at radius 3 is 1.87 bits per heavy atom. The van der Waals surface area contributed by atoms with Crippen LogP contribution in [0.15, 0.2) is 0 Å². The van der Waals surface area contributed by atoms with E-state index in [0.717, 1.165) is 0 Å². The van der Waals surface area contributed by atoms with Gasteiger partial charge in [-0.2, -0.15) is 21.6 Å². The summed E-state index contributed by atoms with van der Waals surface area (Å²) >= 11 is 0. The Morgan fingerprint density at radius 2 is 1.42 bits per heavy atom. The van der Waals surface area contributed by atoms with Gasteiger partial charge < -0.3 is 23.1 Å². The van der Waals surface area contributed by atoms with Crippen molar-refractivity contribution in [2.45, 2.75) is 127 Å². The van der Waals surface area contributed by atoms with E-state index in [2.05, 4.69) is 4.18 Å². The number of hydrogen-bond donors (Lipinski definition) is 0. The normalized spacial score (nSPS) is 27.8. The number of halogens is 3. The van der Waals surface area contributed by atoms with Crippen molar-refractivity contribution in [2.75, 3.05) is 13.2 Å². The molecule has 0 radical (unpaired) electrons. The molecule has 2 aliphatic heterocycles. The summed E-state index contributed by atoms with van der Waals surface area (Å²) in [5.41, 5.74) is -7.52. The summed E-state index contributed by atoms with van der Waals surface area (Å²) in [7, 11) is -11.1. The summed E-state index contributed by atoms with van der Waals surface area (Å²) in [5, 5.41) is -0.567. The van der Waals surface area contributed by atoms with Crippen LogP contribution in [0.3, 0.4) is 0 Å². The lowest BCUT2D eigenvalue weighted by molar-refractivity contribution is -0.206. The van der Waals surface area contributed by atoms with Crippen LogP contribution in [0.25, 0.3) is 0 Å². The number of fused-ring (bicyclic) bond motifs is 1. The van der Waals surface area contributed by atoms with Crippen LogP contribution in [0.5, 0.6) is 0 Å². The Bertz CT molecular complexity index is 1000. The lowest BCUT2D eigenvalue weighted by Crippen LogP contribution is -2.55. The van der Waals surface area contributed by atoms with Crippen molar-refractivity contribution in [3.05, 3.63) is 0 Å². The summed E-state index contributed by atoms with van der Waals surface area (Å²) in [6, 6.07) is 0. The van der Waals surface area contributed by atoms with E-state index in [4.69, 9.17) is 23.1 Å². The lowest BCUT2D eigenvalue weighted by Gasteiger charge is -2.38. The summed E-state index contributed by atoms with van der Waals surface area (Å²) in [5.74, 6) is -2.27. The molecule has 0 aromatic heterocycles. The van der Waals surface area contributed by atoms with Crippen LogP contribution in [0.4, 0.5) is 13.2 Å². The van der Waals surface area contributed by atoms with Gasteiger partial charge in [0.1, 0.15) is 12.2 Å². The Morgan fingerprint density at radius 1 is 0.947 bits per heavy atom. The molecule has 0 aromatic rings. The van der Waals surface area contributed by atoms with E-state index < -0.39 is 74.5 Å². The molecule has 2 aliphatic rings. The molecule has 15 heteroatoms. The Hall–Kier alpha value is -0.556. The summed E-state index contributed by atoms with van der Waals surface area (Å²) in [6.07, 6.45) is -4.74. The third-order valence-electron chi connectivity index (χ3n) is 7.95. The minimum atomic E-state index is -6.06. The maximum atomic E-state index is 13.3. The first-order chi connectivity index (χ1) is 16.6. The highest BCUT2D eigenvalue weighted by molar-refractivity contribution is 7.87. The van der Waals surface area contributed by atoms with Gasteiger partial charge >= 0.3 is 21.6 Å². The fourth-order valence-electron chi connectivity index (χ4n) is 3.54. The number of cyclic esters (lactones) is 1. The lowest BCUT2D eigenvalue weighted by atomic mass is 9.95. The van der Waals surface area contributed by atoms with Gasteiger partial charge in [-0.25, -0.2) is 4.79 Å². The minimum absolute atomic E-state index is 0.223. The maximum absolute atomic E-state index is 13.3. The smallest absolute Gasteiger partial charge is 0.454 e. The van der Waals surface area contributed by atoms with Crippen LogP contribution in [0.2, 0.25) is 36.3 Å². The molecule has 0 aliphatic carbocycles. The molecule has 0 spiro atoms. The van der Waals surface area contributed by atoms with Gasteiger partial charge in [0.15, 0.2) is 28.5 Å². The molecule has 0 N–H and O–H groups in total. The standard InChI is InChI=1S/C23H43F3O9SSi2/c1-19(2,3)37(9,10)30-13-15(34-36(28,29)23(24,25)26)16-17-22(18(27)32-16,35-21(7,8)33-17)14-31-38(11,12)20(4,5)6/h15-17H,13-14H2,1-12H3/t15-,16+,17-,22-/m0/s1. The Labute approximate surface area is 226 Å². The van der Waals surface area contributed by atoms with Gasteiger partial charge in [-0.1, -0.05) is 41.5 Å². The SMILES string of the molecule is CC1(C)O[C@H]2[C@@H]([C@H](CO[Si](C)(C)C(C)(C)C)OS(=O)(=O)C(F)(F)F)OC(=O)[C@@]2(CO[Si](C)(C)C(C)(C)C)O1. The first-order valence-electron chi connectivity index (χ1n) is 12.5. The van der Waals surface area contributed by atoms with Crippen LogP contribution in [-0.4, -0.2) is 79.4 Å². The van der Waals surface area contributed by atoms with E-state index in [-0.39, 0.29) is 16.7 Å². The monoisotopic (exact) mass is 608 g/mol. The van der Waals surface area contributed by atoms with Gasteiger partial charge in [-0.15, -0.1) is 0 Å². The number of carbonyl (C=O) groups excluding carboxylic acids is 1. The summed E-state index contributed by atoms with van der Waals surface area (Å²) in [6.45, 7) is 21.6. The fourth-order valence-corrected chi connectivity index (χ4v) is 6.17. The number of ether oxygens (including phenoxy) is 3. The molecule has 2 rings (SSSR count). The zero-order chi connectivity index (χ0) is 30.0. The number of carbonyl (C=O) groups is 1. The minimum Gasteiger partial charge on any atom is -0.454 e. The van der Waals surface area contributed by atoms with Crippen LogP contribution < -0.4 is 0 Å². The third kappa shape index (κ3) is 6.66. The first-order valence-corrected chi connectivity index (χ1v) is 19.7. The van der Waals surface area contributed by atoms with Crippen molar-refractivity contribution in [1.82, 2.24) is 0 Å². The molecule has 0 unspecified atom stereocenters. The highest BCUT2D eigenvalue weighted by Crippen LogP contribution is 2.48. The molecule has 0 aromatic carbocycles. The third-order valence-corrected chi connectivity index (χ3v) is 18.0. The van der Waals surface area contributed by atoms with Gasteiger partial charge in [-0.05, 0) is 50.1 Å². The van der Waals surface area contributed by atoms with Crippen molar-refractivity contribution in [1.29, 1.82) is 0 Å². The molecular weight excluding hydrogens is 565 g/mol. The number of alkyl halides is 3. The molecule has 2 heterocycles. The van der Waals surface area contributed by atoms with Crippen LogP contribution in [0, 0.1) is 0 Å². The Kier molecular flexibility index (Phi) is 8.91. The van der Waals surface area contributed by atoms with E-state index in [1.807, 2.05) is 67.7 Å². The number of esters is 1. The van der Waals surface area contributed by atoms with Crippen LogP contribution >= 0.6 is 0 Å². The van der Waals surface area contributed by atoms with E-state index in [1.165, 1.54) is 13.8 Å². The van der Waals surface area contributed by atoms with E-state index in [9.17, 15) is 26.4 Å². The molecule has 2 saturated heterocycles. The average molecular weight is 609 g/mol. The van der Waals surface area contributed by atoms with E-state index >= 15 is 0 Å². The highest BCUT2D eigenvalue weighted by Gasteiger charge is 2.70. The van der Waals surface area contributed by atoms with Crippen molar-refractivity contribution < 1.29 is 53.6 Å². The summed E-state index contributed by atoms with van der Waals surface area (Å²) < 4.78 is 98.5. The fraction of sp³-hybridized carbons (Fsp3) is 0.957. The average Bonchev–Trinajstić information content (AvgIpc) is 3.09. The molecule has 38 heavy (non-hydrogen) atoms. The van der Waals surface area contributed by atoms with Gasteiger partial charge in [0.2, 0.25) is 5.60 Å².